The van der Waals surface area contributed by atoms with Gasteiger partial charge in [-0.1, -0.05) is 27.7 Å². The molecule has 1 aromatic rings. The van der Waals surface area contributed by atoms with Crippen LogP contribution in [0.1, 0.15) is 33.4 Å². The summed E-state index contributed by atoms with van der Waals surface area (Å²) in [5.41, 5.74) is 1.10. The van der Waals surface area contributed by atoms with E-state index < -0.39 is 0 Å². The first-order chi connectivity index (χ1) is 11.0. The summed E-state index contributed by atoms with van der Waals surface area (Å²) in [4.78, 5) is 14.4. The molecule has 0 aliphatic carbocycles. The van der Waals surface area contributed by atoms with Crippen LogP contribution in [0.15, 0.2) is 6.07 Å². The third-order valence-electron chi connectivity index (χ3n) is 4.58. The minimum atomic E-state index is 0.00940. The monoisotopic (exact) mass is 319 g/mol. The van der Waals surface area contributed by atoms with Gasteiger partial charge in [-0.2, -0.15) is 4.98 Å². The first-order valence-electron chi connectivity index (χ1n) is 8.67. The molecule has 0 radical (unpaired) electrons. The van der Waals surface area contributed by atoms with Gasteiger partial charge in [0.25, 0.3) is 0 Å². The SMILES string of the molecule is CCN1CCN(c2nc(NC3COC3)cc(C(C)(C)C)n2)CC1. The molecule has 6 heteroatoms. The van der Waals surface area contributed by atoms with E-state index in [0.717, 1.165) is 63.4 Å². The number of likely N-dealkylation sites (N-methyl/N-ethyl adjacent to an activating group) is 1. The Balaban J connectivity index is 1.81. The average molecular weight is 319 g/mol. The van der Waals surface area contributed by atoms with Crippen LogP contribution in [0, 0.1) is 0 Å². The van der Waals surface area contributed by atoms with Crippen molar-refractivity contribution in [3.63, 3.8) is 0 Å². The lowest BCUT2D eigenvalue weighted by atomic mass is 9.92. The van der Waals surface area contributed by atoms with Crippen LogP contribution in [-0.2, 0) is 10.2 Å². The van der Waals surface area contributed by atoms with E-state index in [-0.39, 0.29) is 5.41 Å². The summed E-state index contributed by atoms with van der Waals surface area (Å²) < 4.78 is 5.25. The Bertz CT molecular complexity index is 530. The Morgan fingerprint density at radius 1 is 1.17 bits per heavy atom. The third-order valence-corrected chi connectivity index (χ3v) is 4.58. The van der Waals surface area contributed by atoms with Gasteiger partial charge in [0.2, 0.25) is 5.95 Å². The fraction of sp³-hybridized carbons (Fsp3) is 0.765. The Morgan fingerprint density at radius 2 is 1.87 bits per heavy atom. The maximum atomic E-state index is 5.25. The van der Waals surface area contributed by atoms with Crippen molar-refractivity contribution in [1.82, 2.24) is 14.9 Å². The Hall–Kier alpha value is -1.40. The van der Waals surface area contributed by atoms with Crippen molar-refractivity contribution in [2.24, 2.45) is 0 Å². The topological polar surface area (TPSA) is 53.5 Å². The highest BCUT2D eigenvalue weighted by molar-refractivity contribution is 5.46. The highest BCUT2D eigenvalue weighted by Crippen LogP contribution is 2.26. The zero-order valence-corrected chi connectivity index (χ0v) is 14.8. The predicted octanol–water partition coefficient (Wildman–Crippen LogP) is 1.73. The quantitative estimate of drug-likeness (QED) is 0.912. The molecule has 0 spiro atoms. The number of anilines is 2. The molecule has 0 amide bonds. The lowest BCUT2D eigenvalue weighted by Crippen LogP contribution is -2.47. The molecule has 2 fully saturated rings. The van der Waals surface area contributed by atoms with Gasteiger partial charge >= 0.3 is 0 Å². The highest BCUT2D eigenvalue weighted by Gasteiger charge is 2.24. The lowest BCUT2D eigenvalue weighted by Gasteiger charge is -2.35. The first kappa shape index (κ1) is 16.5. The Kier molecular flexibility index (Phi) is 4.73. The second-order valence-electron chi connectivity index (χ2n) is 7.49. The maximum absolute atomic E-state index is 5.25. The van der Waals surface area contributed by atoms with Gasteiger partial charge in [-0.15, -0.1) is 0 Å². The summed E-state index contributed by atoms with van der Waals surface area (Å²) in [5, 5.41) is 3.48. The van der Waals surface area contributed by atoms with E-state index >= 15 is 0 Å². The van der Waals surface area contributed by atoms with Crippen molar-refractivity contribution in [3.8, 4) is 0 Å². The maximum Gasteiger partial charge on any atom is 0.227 e. The average Bonchev–Trinajstić information content (AvgIpc) is 2.50. The van der Waals surface area contributed by atoms with Gasteiger partial charge < -0.3 is 19.9 Å². The zero-order valence-electron chi connectivity index (χ0n) is 14.8. The van der Waals surface area contributed by atoms with Gasteiger partial charge in [-0.25, -0.2) is 4.98 Å². The Labute approximate surface area is 139 Å². The third kappa shape index (κ3) is 3.93. The van der Waals surface area contributed by atoms with Crippen LogP contribution in [-0.4, -0.2) is 66.8 Å². The van der Waals surface area contributed by atoms with Crippen LogP contribution in [0.5, 0.6) is 0 Å². The summed E-state index contributed by atoms with van der Waals surface area (Å²) in [7, 11) is 0. The molecule has 0 bridgehead atoms. The van der Waals surface area contributed by atoms with Crippen molar-refractivity contribution in [3.05, 3.63) is 11.8 Å². The van der Waals surface area contributed by atoms with Crippen LogP contribution in [0.25, 0.3) is 0 Å². The number of nitrogens with zero attached hydrogens (tertiary/aromatic N) is 4. The van der Waals surface area contributed by atoms with Crippen LogP contribution in [0.3, 0.4) is 0 Å². The van der Waals surface area contributed by atoms with Gasteiger partial charge in [-0.05, 0) is 6.54 Å². The standard InChI is InChI=1S/C17H29N5O/c1-5-21-6-8-22(9-7-21)16-19-14(17(2,3)4)10-15(20-16)18-13-11-23-12-13/h10,13H,5-9,11-12H2,1-4H3,(H,18,19,20). The summed E-state index contributed by atoms with van der Waals surface area (Å²) in [6, 6.07) is 2.46. The smallest absolute Gasteiger partial charge is 0.227 e. The highest BCUT2D eigenvalue weighted by atomic mass is 16.5. The van der Waals surface area contributed by atoms with Crippen LogP contribution in [0.4, 0.5) is 11.8 Å². The predicted molar refractivity (Wildman–Crippen MR) is 93.3 cm³/mol. The number of ether oxygens (including phenoxy) is 1. The molecule has 0 saturated carbocycles. The summed E-state index contributed by atoms with van der Waals surface area (Å²) >= 11 is 0. The molecule has 0 unspecified atom stereocenters. The lowest BCUT2D eigenvalue weighted by molar-refractivity contribution is 0.0209. The van der Waals surface area contributed by atoms with Crippen molar-refractivity contribution >= 4 is 11.8 Å². The van der Waals surface area contributed by atoms with E-state index in [2.05, 4.69) is 48.9 Å². The molecule has 1 N–H and O–H groups in total. The molecule has 0 aromatic carbocycles. The molecule has 23 heavy (non-hydrogen) atoms. The van der Waals surface area contributed by atoms with Gasteiger partial charge in [-0.3, -0.25) is 0 Å². The summed E-state index contributed by atoms with van der Waals surface area (Å²) in [6.45, 7) is 15.6. The van der Waals surface area contributed by atoms with Gasteiger partial charge in [0, 0.05) is 37.7 Å². The zero-order chi connectivity index (χ0) is 16.4. The molecule has 2 aliphatic rings. The summed E-state index contributed by atoms with van der Waals surface area (Å²) in [6.07, 6.45) is 0. The number of hydrogen-bond acceptors (Lipinski definition) is 6. The van der Waals surface area contributed by atoms with Crippen molar-refractivity contribution in [2.75, 3.05) is 56.2 Å². The fourth-order valence-corrected chi connectivity index (χ4v) is 2.83. The van der Waals surface area contributed by atoms with Crippen LogP contribution < -0.4 is 10.2 Å². The molecule has 3 rings (SSSR count). The number of aromatic nitrogens is 2. The van der Waals surface area contributed by atoms with Crippen LogP contribution >= 0.6 is 0 Å². The number of hydrogen-bond donors (Lipinski definition) is 1. The van der Waals surface area contributed by atoms with Crippen molar-refractivity contribution < 1.29 is 4.74 Å². The molecule has 2 aliphatic heterocycles. The molecule has 6 nitrogen and oxygen atoms in total. The fourth-order valence-electron chi connectivity index (χ4n) is 2.83. The molecule has 2 saturated heterocycles. The number of nitrogens with one attached hydrogen (secondary N) is 1. The number of rotatable bonds is 4. The molecule has 3 heterocycles. The largest absolute Gasteiger partial charge is 0.377 e. The summed E-state index contributed by atoms with van der Waals surface area (Å²) in [5.74, 6) is 1.78. The van der Waals surface area contributed by atoms with Gasteiger partial charge in [0.05, 0.1) is 24.9 Å². The van der Waals surface area contributed by atoms with E-state index in [0.29, 0.717) is 6.04 Å². The molecule has 0 atom stereocenters. The van der Waals surface area contributed by atoms with Crippen LogP contribution in [0.2, 0.25) is 0 Å². The van der Waals surface area contributed by atoms with Crippen molar-refractivity contribution in [1.29, 1.82) is 0 Å². The van der Waals surface area contributed by atoms with E-state index in [1.54, 1.807) is 0 Å². The van der Waals surface area contributed by atoms with E-state index in [4.69, 9.17) is 14.7 Å². The second kappa shape index (κ2) is 6.61. The van der Waals surface area contributed by atoms with Crippen molar-refractivity contribution in [2.45, 2.75) is 39.2 Å². The molecular weight excluding hydrogens is 290 g/mol. The van der Waals surface area contributed by atoms with E-state index in [1.165, 1.54) is 0 Å². The molecular formula is C17H29N5O. The first-order valence-corrected chi connectivity index (χ1v) is 8.67. The molecule has 128 valence electrons. The Morgan fingerprint density at radius 3 is 2.39 bits per heavy atom. The van der Waals surface area contributed by atoms with Gasteiger partial charge in [0.15, 0.2) is 0 Å². The minimum absolute atomic E-state index is 0.00940. The van der Waals surface area contributed by atoms with Gasteiger partial charge in [0.1, 0.15) is 5.82 Å². The minimum Gasteiger partial charge on any atom is -0.377 e. The van der Waals surface area contributed by atoms with E-state index in [9.17, 15) is 0 Å². The normalized spacial score (nSPS) is 20.4. The van der Waals surface area contributed by atoms with E-state index in [1.807, 2.05) is 0 Å². The molecule has 1 aromatic heterocycles. The number of piperazine rings is 1. The second-order valence-corrected chi connectivity index (χ2v) is 7.49.